The summed E-state index contributed by atoms with van der Waals surface area (Å²) in [6.45, 7) is 2.17. The summed E-state index contributed by atoms with van der Waals surface area (Å²) in [7, 11) is 0. The molecule has 0 bridgehead atoms. The molecule has 0 saturated heterocycles. The Kier molecular flexibility index (Phi) is 4.58. The number of nitrogens with one attached hydrogen (secondary N) is 2. The van der Waals surface area contributed by atoms with E-state index in [9.17, 15) is 9.59 Å². The van der Waals surface area contributed by atoms with Gasteiger partial charge >= 0.3 is 0 Å². The van der Waals surface area contributed by atoms with Gasteiger partial charge in [0.05, 0.1) is 0 Å². The summed E-state index contributed by atoms with van der Waals surface area (Å²) in [5.74, 6) is 1.30. The van der Waals surface area contributed by atoms with Gasteiger partial charge < -0.3 is 10.6 Å². The molecule has 0 aliphatic heterocycles. The van der Waals surface area contributed by atoms with Crippen molar-refractivity contribution in [3.63, 3.8) is 0 Å². The predicted octanol–water partition coefficient (Wildman–Crippen LogP) is -1.13. The minimum absolute atomic E-state index is 0.125. The molecule has 2 N–H and O–H groups in total. The van der Waals surface area contributed by atoms with Gasteiger partial charge in [0.2, 0.25) is 5.91 Å². The maximum absolute atomic E-state index is 10.4. The van der Waals surface area contributed by atoms with Gasteiger partial charge in [-0.2, -0.15) is 0 Å². The predicted molar refractivity (Wildman–Crippen MR) is 40.5 cm³/mol. The minimum Gasteiger partial charge on any atom is -0.355 e. The molecule has 0 atom stereocenters. The average Bonchev–Trinajstić information content (AvgIpc) is 1.97. The van der Waals surface area contributed by atoms with Gasteiger partial charge in [0.25, 0.3) is 5.91 Å². The minimum atomic E-state index is -0.463. The Balaban J connectivity index is 3.23. The lowest BCUT2D eigenvalue weighted by Gasteiger charge is -2.00. The Morgan fingerprint density at radius 1 is 1.36 bits per heavy atom. The fraction of sp³-hybridized carbons (Fsp3) is 0.429. The molecule has 4 nitrogen and oxygen atoms in total. The molecule has 0 heterocycles. The van der Waals surface area contributed by atoms with Crippen molar-refractivity contribution in [3.8, 4) is 12.3 Å². The third-order valence-electron chi connectivity index (χ3n) is 0.916. The molecule has 2 amide bonds. The van der Waals surface area contributed by atoms with E-state index in [1.54, 1.807) is 0 Å². The highest BCUT2D eigenvalue weighted by Gasteiger charge is 1.93. The zero-order chi connectivity index (χ0) is 8.69. The Morgan fingerprint density at radius 3 is 2.36 bits per heavy atom. The highest BCUT2D eigenvalue weighted by molar-refractivity contribution is 5.92. The van der Waals surface area contributed by atoms with E-state index in [-0.39, 0.29) is 5.91 Å². The van der Waals surface area contributed by atoms with Crippen LogP contribution in [0.25, 0.3) is 0 Å². The first-order valence-electron chi connectivity index (χ1n) is 3.15. The maximum atomic E-state index is 10.4. The molecular weight excluding hydrogens is 144 g/mol. The van der Waals surface area contributed by atoms with Gasteiger partial charge in [-0.1, -0.05) is 0 Å². The summed E-state index contributed by atoms with van der Waals surface area (Å²) in [5.41, 5.74) is 0. The summed E-state index contributed by atoms with van der Waals surface area (Å²) in [6.07, 6.45) is 4.76. The van der Waals surface area contributed by atoms with E-state index in [2.05, 4.69) is 10.6 Å². The van der Waals surface area contributed by atoms with E-state index >= 15 is 0 Å². The van der Waals surface area contributed by atoms with Crippen LogP contribution in [0.5, 0.6) is 0 Å². The van der Waals surface area contributed by atoms with Gasteiger partial charge in [-0.25, -0.2) is 0 Å². The Morgan fingerprint density at radius 2 is 1.91 bits per heavy atom. The quantitative estimate of drug-likeness (QED) is 0.399. The van der Waals surface area contributed by atoms with Crippen LogP contribution in [-0.4, -0.2) is 24.9 Å². The van der Waals surface area contributed by atoms with Crippen LogP contribution in [0.2, 0.25) is 0 Å². The standard InChI is InChI=1S/C7H10N2O2/c1-3-7(11)9-5-4-8-6(2)10/h1H,4-5H2,2H3,(H,8,10)(H,9,11). The molecule has 60 valence electrons. The summed E-state index contributed by atoms with van der Waals surface area (Å²) >= 11 is 0. The highest BCUT2D eigenvalue weighted by atomic mass is 16.2. The molecule has 0 aromatic rings. The summed E-state index contributed by atoms with van der Waals surface area (Å²) in [4.78, 5) is 20.7. The van der Waals surface area contributed by atoms with Crippen LogP contribution in [0, 0.1) is 12.3 Å². The number of carbonyl (C=O) groups is 2. The molecule has 0 saturated carbocycles. The van der Waals surface area contributed by atoms with Crippen molar-refractivity contribution < 1.29 is 9.59 Å². The van der Waals surface area contributed by atoms with Crippen LogP contribution >= 0.6 is 0 Å². The first kappa shape index (κ1) is 9.50. The van der Waals surface area contributed by atoms with Gasteiger partial charge in [-0.3, -0.25) is 9.59 Å². The molecule has 0 aliphatic carbocycles. The molecule has 0 rings (SSSR count). The zero-order valence-electron chi connectivity index (χ0n) is 6.31. The highest BCUT2D eigenvalue weighted by Crippen LogP contribution is 1.62. The van der Waals surface area contributed by atoms with Crippen molar-refractivity contribution in [2.75, 3.05) is 13.1 Å². The molecule has 0 aromatic heterocycles. The molecule has 4 heteroatoms. The Bertz CT molecular complexity index is 193. The molecule has 0 unspecified atom stereocenters. The normalized spacial score (nSPS) is 8.00. The van der Waals surface area contributed by atoms with Gasteiger partial charge in [0.1, 0.15) is 0 Å². The summed E-state index contributed by atoms with van der Waals surface area (Å²) < 4.78 is 0. The molecule has 11 heavy (non-hydrogen) atoms. The number of carbonyl (C=O) groups excluding carboxylic acids is 2. The van der Waals surface area contributed by atoms with Crippen LogP contribution in [-0.2, 0) is 9.59 Å². The molecule has 0 radical (unpaired) electrons. The summed E-state index contributed by atoms with van der Waals surface area (Å²) in [6, 6.07) is 0. The van der Waals surface area contributed by atoms with Crippen LogP contribution in [0.3, 0.4) is 0 Å². The SMILES string of the molecule is C#CC(=O)NCCNC(C)=O. The summed E-state index contributed by atoms with van der Waals surface area (Å²) in [5, 5.41) is 4.90. The zero-order valence-corrected chi connectivity index (χ0v) is 6.31. The van der Waals surface area contributed by atoms with Crippen molar-refractivity contribution in [1.29, 1.82) is 0 Å². The van der Waals surface area contributed by atoms with Gasteiger partial charge in [0.15, 0.2) is 0 Å². The maximum Gasteiger partial charge on any atom is 0.295 e. The number of amides is 2. The van der Waals surface area contributed by atoms with Crippen molar-refractivity contribution in [2.24, 2.45) is 0 Å². The molecule has 0 aromatic carbocycles. The molecular formula is C7H10N2O2. The van der Waals surface area contributed by atoms with E-state index in [0.29, 0.717) is 13.1 Å². The number of rotatable bonds is 3. The van der Waals surface area contributed by atoms with E-state index in [1.807, 2.05) is 5.92 Å². The van der Waals surface area contributed by atoms with Gasteiger partial charge in [0, 0.05) is 20.0 Å². The Labute approximate surface area is 65.4 Å². The van der Waals surface area contributed by atoms with Gasteiger partial charge in [-0.05, 0) is 5.92 Å². The number of terminal acetylenes is 1. The van der Waals surface area contributed by atoms with Crippen LogP contribution in [0.15, 0.2) is 0 Å². The fourth-order valence-electron chi connectivity index (χ4n) is 0.466. The average molecular weight is 154 g/mol. The van der Waals surface area contributed by atoms with Crippen LogP contribution in [0.4, 0.5) is 0 Å². The third kappa shape index (κ3) is 6.38. The second kappa shape index (κ2) is 5.30. The Hall–Kier alpha value is -1.50. The van der Waals surface area contributed by atoms with E-state index in [0.717, 1.165) is 0 Å². The molecule has 0 fully saturated rings. The van der Waals surface area contributed by atoms with Crippen molar-refractivity contribution in [1.82, 2.24) is 10.6 Å². The fourth-order valence-corrected chi connectivity index (χ4v) is 0.466. The largest absolute Gasteiger partial charge is 0.355 e. The van der Waals surface area contributed by atoms with Crippen molar-refractivity contribution >= 4 is 11.8 Å². The lowest BCUT2D eigenvalue weighted by molar-refractivity contribution is -0.119. The van der Waals surface area contributed by atoms with Crippen molar-refractivity contribution in [2.45, 2.75) is 6.92 Å². The topological polar surface area (TPSA) is 58.2 Å². The van der Waals surface area contributed by atoms with E-state index < -0.39 is 5.91 Å². The third-order valence-corrected chi connectivity index (χ3v) is 0.916. The lowest BCUT2D eigenvalue weighted by Crippen LogP contribution is -2.32. The number of hydrogen-bond donors (Lipinski definition) is 2. The van der Waals surface area contributed by atoms with Gasteiger partial charge in [-0.15, -0.1) is 6.42 Å². The first-order valence-corrected chi connectivity index (χ1v) is 3.15. The monoisotopic (exact) mass is 154 g/mol. The lowest BCUT2D eigenvalue weighted by atomic mass is 10.5. The second-order valence-electron chi connectivity index (χ2n) is 1.88. The smallest absolute Gasteiger partial charge is 0.295 e. The first-order chi connectivity index (χ1) is 5.16. The second-order valence-corrected chi connectivity index (χ2v) is 1.88. The van der Waals surface area contributed by atoms with E-state index in [4.69, 9.17) is 6.42 Å². The molecule has 0 spiro atoms. The van der Waals surface area contributed by atoms with Crippen LogP contribution in [0.1, 0.15) is 6.92 Å². The van der Waals surface area contributed by atoms with Crippen LogP contribution < -0.4 is 10.6 Å². The van der Waals surface area contributed by atoms with E-state index in [1.165, 1.54) is 6.92 Å². The van der Waals surface area contributed by atoms with Crippen molar-refractivity contribution in [3.05, 3.63) is 0 Å². The number of hydrogen-bond acceptors (Lipinski definition) is 2. The molecule has 0 aliphatic rings.